The van der Waals surface area contributed by atoms with Gasteiger partial charge in [0.05, 0.1) is 15.7 Å². The second-order valence-corrected chi connectivity index (χ2v) is 5.75. The molecule has 0 heterocycles. The lowest BCUT2D eigenvalue weighted by molar-refractivity contribution is 0.0932. The molecular weight excluding hydrogens is 295 g/mol. The van der Waals surface area contributed by atoms with Crippen molar-refractivity contribution in [3.8, 4) is 0 Å². The summed E-state index contributed by atoms with van der Waals surface area (Å²) in [5.74, 6) is -0.148. The molecule has 0 aliphatic carbocycles. The summed E-state index contributed by atoms with van der Waals surface area (Å²) in [5, 5.41) is 3.64. The predicted octanol–water partition coefficient (Wildman–Crippen LogP) is 4.66. The summed E-state index contributed by atoms with van der Waals surface area (Å²) in [7, 11) is 0. The topological polar surface area (TPSA) is 55.1 Å². The van der Waals surface area contributed by atoms with E-state index in [-0.39, 0.29) is 11.9 Å². The summed E-state index contributed by atoms with van der Waals surface area (Å²) in [5.41, 5.74) is 6.51. The number of amides is 1. The average Bonchev–Trinajstić information content (AvgIpc) is 2.41. The zero-order valence-electron chi connectivity index (χ0n) is 12.0. The van der Waals surface area contributed by atoms with E-state index in [2.05, 4.69) is 19.2 Å². The van der Waals surface area contributed by atoms with Gasteiger partial charge in [-0.2, -0.15) is 0 Å². The lowest BCUT2D eigenvalue weighted by atomic mass is 10.0. The Labute approximate surface area is 130 Å². The van der Waals surface area contributed by atoms with Crippen molar-refractivity contribution in [1.82, 2.24) is 5.32 Å². The number of rotatable bonds is 7. The fourth-order valence-electron chi connectivity index (χ4n) is 2.10. The Kier molecular flexibility index (Phi) is 7.17. The van der Waals surface area contributed by atoms with E-state index in [0.29, 0.717) is 21.3 Å². The van der Waals surface area contributed by atoms with Crippen LogP contribution < -0.4 is 11.1 Å². The van der Waals surface area contributed by atoms with Crippen molar-refractivity contribution < 1.29 is 4.79 Å². The first-order chi connectivity index (χ1) is 9.49. The van der Waals surface area contributed by atoms with Gasteiger partial charge in [0.25, 0.3) is 5.91 Å². The molecule has 20 heavy (non-hydrogen) atoms. The van der Waals surface area contributed by atoms with Gasteiger partial charge < -0.3 is 11.1 Å². The Balaban J connectivity index is 2.78. The fraction of sp³-hybridized carbons (Fsp3) is 0.533. The van der Waals surface area contributed by atoms with E-state index in [1.807, 2.05) is 0 Å². The third-order valence-electron chi connectivity index (χ3n) is 3.20. The highest BCUT2D eigenvalue weighted by molar-refractivity contribution is 6.43. The molecule has 0 fully saturated rings. The summed E-state index contributed by atoms with van der Waals surface area (Å²) >= 11 is 11.8. The minimum absolute atomic E-state index is 0.148. The largest absolute Gasteiger partial charge is 0.397 e. The van der Waals surface area contributed by atoms with Crippen LogP contribution >= 0.6 is 23.2 Å². The number of halogens is 2. The Bertz CT molecular complexity index is 440. The van der Waals surface area contributed by atoms with Crippen LogP contribution in [0.1, 0.15) is 56.3 Å². The Morgan fingerprint density at radius 3 is 2.50 bits per heavy atom. The molecule has 0 saturated carbocycles. The first-order valence-corrected chi connectivity index (χ1v) is 7.80. The van der Waals surface area contributed by atoms with Crippen LogP contribution in [-0.4, -0.2) is 11.9 Å². The lowest BCUT2D eigenvalue weighted by Crippen LogP contribution is -2.34. The maximum absolute atomic E-state index is 12.2. The van der Waals surface area contributed by atoms with E-state index >= 15 is 0 Å². The van der Waals surface area contributed by atoms with E-state index in [9.17, 15) is 4.79 Å². The van der Waals surface area contributed by atoms with Crippen molar-refractivity contribution in [2.75, 3.05) is 5.73 Å². The summed E-state index contributed by atoms with van der Waals surface area (Å²) in [4.78, 5) is 12.2. The van der Waals surface area contributed by atoms with E-state index in [1.54, 1.807) is 12.1 Å². The maximum Gasteiger partial charge on any atom is 0.251 e. The number of hydrogen-bond donors (Lipinski definition) is 2. The molecule has 3 N–H and O–H groups in total. The smallest absolute Gasteiger partial charge is 0.251 e. The van der Waals surface area contributed by atoms with Gasteiger partial charge in [-0.1, -0.05) is 56.3 Å². The first kappa shape index (κ1) is 17.1. The standard InChI is InChI=1S/C15H22Cl2N2O/c1-3-5-7-11(6-4-2)19-15(20)10-8-12(16)14(17)13(18)9-10/h8-9,11H,3-7,18H2,1-2H3,(H,19,20). The molecule has 0 spiro atoms. The van der Waals surface area contributed by atoms with Crippen LogP contribution in [-0.2, 0) is 0 Å². The maximum atomic E-state index is 12.2. The molecule has 1 amide bonds. The molecule has 1 aromatic rings. The highest BCUT2D eigenvalue weighted by atomic mass is 35.5. The van der Waals surface area contributed by atoms with Gasteiger partial charge in [0.1, 0.15) is 0 Å². The molecule has 0 aliphatic heterocycles. The zero-order valence-corrected chi connectivity index (χ0v) is 13.5. The normalized spacial score (nSPS) is 12.2. The molecule has 1 atom stereocenters. The number of unbranched alkanes of at least 4 members (excludes halogenated alkanes) is 1. The highest BCUT2D eigenvalue weighted by Gasteiger charge is 2.15. The Morgan fingerprint density at radius 1 is 1.25 bits per heavy atom. The van der Waals surface area contributed by atoms with Crippen molar-refractivity contribution >= 4 is 34.8 Å². The van der Waals surface area contributed by atoms with E-state index in [1.165, 1.54) is 0 Å². The minimum Gasteiger partial charge on any atom is -0.397 e. The van der Waals surface area contributed by atoms with Crippen molar-refractivity contribution in [2.24, 2.45) is 0 Å². The van der Waals surface area contributed by atoms with Gasteiger partial charge in [-0.3, -0.25) is 4.79 Å². The van der Waals surface area contributed by atoms with Crippen LogP contribution in [0.15, 0.2) is 12.1 Å². The van der Waals surface area contributed by atoms with Crippen molar-refractivity contribution in [1.29, 1.82) is 0 Å². The molecule has 1 aromatic carbocycles. The van der Waals surface area contributed by atoms with Crippen LogP contribution in [0.3, 0.4) is 0 Å². The van der Waals surface area contributed by atoms with E-state index < -0.39 is 0 Å². The lowest BCUT2D eigenvalue weighted by Gasteiger charge is -2.18. The summed E-state index contributed by atoms with van der Waals surface area (Å²) in [6.07, 6.45) is 5.23. The second kappa shape index (κ2) is 8.38. The van der Waals surface area contributed by atoms with Gasteiger partial charge in [-0.15, -0.1) is 0 Å². The third kappa shape index (κ3) is 4.88. The average molecular weight is 317 g/mol. The molecular formula is C15H22Cl2N2O. The minimum atomic E-state index is -0.148. The van der Waals surface area contributed by atoms with Crippen LogP contribution in [0.5, 0.6) is 0 Å². The monoisotopic (exact) mass is 316 g/mol. The molecule has 0 saturated heterocycles. The quantitative estimate of drug-likeness (QED) is 0.718. The van der Waals surface area contributed by atoms with Crippen LogP contribution in [0, 0.1) is 0 Å². The number of nitrogen functional groups attached to an aromatic ring is 1. The van der Waals surface area contributed by atoms with E-state index in [0.717, 1.165) is 32.1 Å². The Morgan fingerprint density at radius 2 is 1.95 bits per heavy atom. The van der Waals surface area contributed by atoms with Crippen molar-refractivity contribution in [3.05, 3.63) is 27.7 Å². The van der Waals surface area contributed by atoms with Crippen LogP contribution in [0.25, 0.3) is 0 Å². The summed E-state index contributed by atoms with van der Waals surface area (Å²) in [6, 6.07) is 3.31. The van der Waals surface area contributed by atoms with Gasteiger partial charge in [-0.25, -0.2) is 0 Å². The van der Waals surface area contributed by atoms with Gasteiger partial charge >= 0.3 is 0 Å². The highest BCUT2D eigenvalue weighted by Crippen LogP contribution is 2.29. The van der Waals surface area contributed by atoms with Gasteiger partial charge in [0.2, 0.25) is 0 Å². The number of anilines is 1. The SMILES string of the molecule is CCCCC(CCC)NC(=O)c1cc(N)c(Cl)c(Cl)c1. The van der Waals surface area contributed by atoms with Gasteiger partial charge in [0, 0.05) is 11.6 Å². The second-order valence-electron chi connectivity index (χ2n) is 4.96. The first-order valence-electron chi connectivity index (χ1n) is 7.04. The summed E-state index contributed by atoms with van der Waals surface area (Å²) in [6.45, 7) is 4.26. The molecule has 1 unspecified atom stereocenters. The number of carbonyl (C=O) groups excluding carboxylic acids is 1. The van der Waals surface area contributed by atoms with Gasteiger partial charge in [-0.05, 0) is 25.0 Å². The number of benzene rings is 1. The molecule has 1 rings (SSSR count). The molecule has 0 aromatic heterocycles. The molecule has 0 radical (unpaired) electrons. The van der Waals surface area contributed by atoms with Crippen LogP contribution in [0.2, 0.25) is 10.0 Å². The summed E-state index contributed by atoms with van der Waals surface area (Å²) < 4.78 is 0. The number of carbonyl (C=O) groups is 1. The van der Waals surface area contributed by atoms with Crippen molar-refractivity contribution in [3.63, 3.8) is 0 Å². The number of hydrogen-bond acceptors (Lipinski definition) is 2. The fourth-order valence-corrected chi connectivity index (χ4v) is 2.43. The zero-order chi connectivity index (χ0) is 15.1. The predicted molar refractivity (Wildman–Crippen MR) is 86.6 cm³/mol. The number of nitrogens with two attached hydrogens (primary N) is 1. The van der Waals surface area contributed by atoms with Crippen molar-refractivity contribution in [2.45, 2.75) is 52.0 Å². The number of nitrogens with one attached hydrogen (secondary N) is 1. The molecule has 5 heteroatoms. The molecule has 112 valence electrons. The molecule has 0 aliphatic rings. The molecule has 0 bridgehead atoms. The third-order valence-corrected chi connectivity index (χ3v) is 4.01. The molecule has 3 nitrogen and oxygen atoms in total. The van der Waals surface area contributed by atoms with Crippen LogP contribution in [0.4, 0.5) is 5.69 Å². The Hall–Kier alpha value is -0.930. The van der Waals surface area contributed by atoms with Gasteiger partial charge in [0.15, 0.2) is 0 Å². The van der Waals surface area contributed by atoms with E-state index in [4.69, 9.17) is 28.9 Å².